The molecule has 1 aliphatic rings. The smallest absolute Gasteiger partial charge is 1.00 e. The number of nitrogens with zero attached hydrogens (tertiary/aromatic N) is 1. The molecule has 7 heteroatoms. The van der Waals surface area contributed by atoms with Crippen LogP contribution in [-0.4, -0.2) is 30.3 Å². The summed E-state index contributed by atoms with van der Waals surface area (Å²) in [6.07, 6.45) is 0. The minimum absolute atomic E-state index is 0. The van der Waals surface area contributed by atoms with Crippen LogP contribution in [0.25, 0.3) is 0 Å². The van der Waals surface area contributed by atoms with Gasteiger partial charge in [-0.1, -0.05) is 0 Å². The first-order chi connectivity index (χ1) is 7.65. The molecule has 0 fully saturated rings. The Bertz CT molecular complexity index is 638. The van der Waals surface area contributed by atoms with Gasteiger partial charge in [-0.3, -0.25) is 0 Å². The molecule has 0 unspecified atom stereocenters. The Morgan fingerprint density at radius 2 is 1.79 bits per heavy atom. The summed E-state index contributed by atoms with van der Waals surface area (Å²) in [4.78, 5) is -0.160. The van der Waals surface area contributed by atoms with E-state index >= 15 is 0 Å². The maximum Gasteiger partial charge on any atom is 1.00 e. The van der Waals surface area contributed by atoms with Crippen LogP contribution in [0.3, 0.4) is 0 Å². The Labute approximate surface area is 173 Å². The van der Waals surface area contributed by atoms with E-state index in [1.54, 1.807) is 6.07 Å². The van der Waals surface area contributed by atoms with Crippen molar-refractivity contribution in [2.45, 2.75) is 31.1 Å². The van der Waals surface area contributed by atoms with Crippen molar-refractivity contribution in [3.05, 3.63) is 23.8 Å². The van der Waals surface area contributed by atoms with Gasteiger partial charge in [0.2, 0.25) is 5.69 Å². The molecule has 0 amide bonds. The first-order valence-electron chi connectivity index (χ1n) is 5.34. The van der Waals surface area contributed by atoms with Crippen LogP contribution < -0.4 is 75.4 Å². The molecular formula is C12H15IKNO3S. The van der Waals surface area contributed by atoms with Gasteiger partial charge < -0.3 is 28.5 Å². The molecule has 0 spiro atoms. The first kappa shape index (κ1) is 20.2. The second kappa shape index (κ2) is 6.51. The zero-order valence-corrected chi connectivity index (χ0v) is 17.8. The van der Waals surface area contributed by atoms with Gasteiger partial charge in [0.05, 0.1) is 10.3 Å². The SMILES string of the molecule is CC1=[N+](C)c2ccc(S(=O)(=O)[O-])cc2C1(C)C.[I-].[K+]. The minimum atomic E-state index is -4.39. The molecule has 19 heavy (non-hydrogen) atoms. The average molecular weight is 419 g/mol. The van der Waals surface area contributed by atoms with E-state index in [1.807, 2.05) is 32.4 Å². The van der Waals surface area contributed by atoms with E-state index in [9.17, 15) is 13.0 Å². The van der Waals surface area contributed by atoms with Crippen LogP contribution in [0.4, 0.5) is 5.69 Å². The van der Waals surface area contributed by atoms with Crippen molar-refractivity contribution in [1.82, 2.24) is 0 Å². The van der Waals surface area contributed by atoms with Gasteiger partial charge in [0.15, 0.2) is 5.71 Å². The van der Waals surface area contributed by atoms with Gasteiger partial charge in [-0.15, -0.1) is 0 Å². The van der Waals surface area contributed by atoms with Gasteiger partial charge in [-0.05, 0) is 26.0 Å². The Balaban J connectivity index is 0.00000162. The van der Waals surface area contributed by atoms with Crippen LogP contribution in [0.15, 0.2) is 23.1 Å². The van der Waals surface area contributed by atoms with E-state index in [1.165, 1.54) is 12.1 Å². The largest absolute Gasteiger partial charge is 1.00 e. The van der Waals surface area contributed by atoms with Crippen LogP contribution >= 0.6 is 0 Å². The van der Waals surface area contributed by atoms with Gasteiger partial charge >= 0.3 is 51.4 Å². The predicted molar refractivity (Wildman–Crippen MR) is 64.0 cm³/mol. The molecule has 0 radical (unpaired) electrons. The second-order valence-electron chi connectivity index (χ2n) is 4.90. The summed E-state index contributed by atoms with van der Waals surface area (Å²) in [5, 5.41) is 0. The Kier molecular flexibility index (Phi) is 6.91. The van der Waals surface area contributed by atoms with Crippen LogP contribution in [0, 0.1) is 0 Å². The van der Waals surface area contributed by atoms with Gasteiger partial charge in [0.25, 0.3) is 0 Å². The van der Waals surface area contributed by atoms with Crippen LogP contribution in [-0.2, 0) is 15.5 Å². The Hall–Kier alpha value is 1.17. The normalized spacial score (nSPS) is 16.5. The number of hydrogen-bond donors (Lipinski definition) is 0. The Morgan fingerprint density at radius 3 is 2.26 bits per heavy atom. The fourth-order valence-corrected chi connectivity index (χ4v) is 2.76. The van der Waals surface area contributed by atoms with Crippen LogP contribution in [0.5, 0.6) is 0 Å². The molecule has 100 valence electrons. The van der Waals surface area contributed by atoms with E-state index in [2.05, 4.69) is 0 Å². The molecular weight excluding hydrogens is 404 g/mol. The van der Waals surface area contributed by atoms with Gasteiger partial charge in [0.1, 0.15) is 17.2 Å². The van der Waals surface area contributed by atoms with Crippen molar-refractivity contribution in [1.29, 1.82) is 0 Å². The van der Waals surface area contributed by atoms with Crippen molar-refractivity contribution in [2.75, 3.05) is 7.05 Å². The molecule has 0 bridgehead atoms. The molecule has 1 heterocycles. The van der Waals surface area contributed by atoms with E-state index in [4.69, 9.17) is 0 Å². The number of fused-ring (bicyclic) bond motifs is 1. The topological polar surface area (TPSA) is 60.2 Å². The summed E-state index contributed by atoms with van der Waals surface area (Å²) in [5.41, 5.74) is 2.73. The fourth-order valence-electron chi connectivity index (χ4n) is 2.26. The fraction of sp³-hybridized carbons (Fsp3) is 0.417. The zero-order chi connectivity index (χ0) is 13.0. The number of hydrogen-bond acceptors (Lipinski definition) is 3. The molecule has 4 nitrogen and oxygen atoms in total. The third-order valence-corrected chi connectivity index (χ3v) is 4.53. The number of halogens is 1. The Morgan fingerprint density at radius 1 is 1.26 bits per heavy atom. The third kappa shape index (κ3) is 3.50. The van der Waals surface area contributed by atoms with Crippen LogP contribution in [0.2, 0.25) is 0 Å². The summed E-state index contributed by atoms with van der Waals surface area (Å²) in [6, 6.07) is 4.55. The number of benzene rings is 1. The summed E-state index contributed by atoms with van der Waals surface area (Å²) in [7, 11) is -2.45. The molecule has 0 atom stereocenters. The predicted octanol–water partition coefficient (Wildman–Crippen LogP) is -4.38. The summed E-state index contributed by atoms with van der Waals surface area (Å²) >= 11 is 0. The molecule has 1 aromatic carbocycles. The molecule has 0 saturated heterocycles. The van der Waals surface area contributed by atoms with E-state index in [0.29, 0.717) is 0 Å². The second-order valence-corrected chi connectivity index (χ2v) is 6.28. The molecule has 0 aliphatic carbocycles. The van der Waals surface area contributed by atoms with Crippen molar-refractivity contribution in [3.63, 3.8) is 0 Å². The quantitative estimate of drug-likeness (QED) is 0.200. The molecule has 0 aromatic heterocycles. The maximum atomic E-state index is 11.0. The standard InChI is InChI=1S/C12H15NO3S.HI.K/c1-8-12(2,3)10-7-9(17(14,15)16)5-6-11(10)13(8)4;;/h5-7H,1-4H3;1H;/q;;+1/p-1. The van der Waals surface area contributed by atoms with Gasteiger partial charge in [0, 0.05) is 18.6 Å². The zero-order valence-electron chi connectivity index (χ0n) is 11.7. The summed E-state index contributed by atoms with van der Waals surface area (Å²) < 4.78 is 35.1. The third-order valence-electron chi connectivity index (χ3n) is 3.70. The van der Waals surface area contributed by atoms with Crippen LogP contribution in [0.1, 0.15) is 26.3 Å². The first-order valence-corrected chi connectivity index (χ1v) is 6.74. The van der Waals surface area contributed by atoms with E-state index < -0.39 is 10.1 Å². The van der Waals surface area contributed by atoms with E-state index in [0.717, 1.165) is 17.0 Å². The van der Waals surface area contributed by atoms with Crippen molar-refractivity contribution in [3.8, 4) is 0 Å². The average Bonchev–Trinajstić information content (AvgIpc) is 2.39. The molecule has 1 aliphatic heterocycles. The van der Waals surface area contributed by atoms with Gasteiger partial charge in [-0.2, -0.15) is 0 Å². The van der Waals surface area contributed by atoms with Gasteiger partial charge in [-0.25, -0.2) is 13.0 Å². The van der Waals surface area contributed by atoms with E-state index in [-0.39, 0.29) is 85.7 Å². The van der Waals surface area contributed by atoms with Crippen molar-refractivity contribution in [2.24, 2.45) is 0 Å². The molecule has 0 saturated carbocycles. The van der Waals surface area contributed by atoms with Crippen molar-refractivity contribution < 1.29 is 92.9 Å². The summed E-state index contributed by atoms with van der Waals surface area (Å²) in [5.74, 6) is 0. The number of rotatable bonds is 1. The van der Waals surface area contributed by atoms with Crippen molar-refractivity contribution >= 4 is 21.5 Å². The monoisotopic (exact) mass is 419 g/mol. The molecule has 0 N–H and O–H groups in total. The minimum Gasteiger partial charge on any atom is -1.00 e. The summed E-state index contributed by atoms with van der Waals surface area (Å²) in [6.45, 7) is 6.04. The molecule has 1 aromatic rings. The maximum absolute atomic E-state index is 11.0. The molecule has 2 rings (SSSR count).